The summed E-state index contributed by atoms with van der Waals surface area (Å²) in [5.41, 5.74) is 0. The van der Waals surface area contributed by atoms with Gasteiger partial charge >= 0.3 is 0 Å². The highest BCUT2D eigenvalue weighted by atomic mass is 16.3. The zero-order valence-corrected chi connectivity index (χ0v) is 7.56. The molecule has 1 aromatic heterocycles. The molecule has 0 spiro atoms. The summed E-state index contributed by atoms with van der Waals surface area (Å²) in [6, 6.07) is 2.79. The molecule has 0 bridgehead atoms. The highest BCUT2D eigenvalue weighted by Crippen LogP contribution is 2.34. The van der Waals surface area contributed by atoms with Crippen LogP contribution in [0.1, 0.15) is 11.8 Å². The van der Waals surface area contributed by atoms with E-state index >= 15 is 0 Å². The van der Waals surface area contributed by atoms with Gasteiger partial charge in [-0.1, -0.05) is 0 Å². The van der Waals surface area contributed by atoms with E-state index in [9.17, 15) is 10.2 Å². The molecule has 0 radical (unpaired) electrons. The Kier molecular flexibility index (Phi) is 1.73. The molecule has 0 saturated carbocycles. The molecule has 2 rings (SSSR count). The second-order valence-corrected chi connectivity index (χ2v) is 3.11. The van der Waals surface area contributed by atoms with E-state index in [1.165, 1.54) is 11.2 Å². The van der Waals surface area contributed by atoms with Crippen LogP contribution in [-0.4, -0.2) is 28.0 Å². The number of hydrogen-bond acceptors (Lipinski definition) is 4. The van der Waals surface area contributed by atoms with Crippen LogP contribution in [0.4, 0.5) is 0 Å². The number of furan rings is 1. The molecule has 0 amide bonds. The van der Waals surface area contributed by atoms with Crippen LogP contribution >= 0.6 is 0 Å². The minimum Gasteiger partial charge on any atom is -0.506 e. The van der Waals surface area contributed by atoms with Crippen LogP contribution in [0.5, 0.6) is 0 Å². The van der Waals surface area contributed by atoms with Crippen molar-refractivity contribution in [3.63, 3.8) is 0 Å². The largest absolute Gasteiger partial charge is 0.506 e. The van der Waals surface area contributed by atoms with E-state index in [4.69, 9.17) is 9.83 Å². The average Bonchev–Trinajstić information content (AvgIpc) is 2.73. The smallest absolute Gasteiger partial charge is 0.198 e. The standard InChI is InChI=1S/C9H10N2O3/c1-11-6(5-3-2-4-14-5)7(12)8(13)9(11)10/h2-4,6,10,12-13H,1H3. The molecule has 1 unspecified atom stereocenters. The van der Waals surface area contributed by atoms with Crippen LogP contribution in [0.3, 0.4) is 0 Å². The molecule has 5 nitrogen and oxygen atoms in total. The number of hydrogen-bond donors (Lipinski definition) is 3. The Bertz CT molecular complexity index is 394. The molecular formula is C9H10N2O3. The minimum absolute atomic E-state index is 0.107. The maximum Gasteiger partial charge on any atom is 0.198 e. The van der Waals surface area contributed by atoms with E-state index in [2.05, 4.69) is 0 Å². The predicted molar refractivity (Wildman–Crippen MR) is 49.2 cm³/mol. The quantitative estimate of drug-likeness (QED) is 0.633. The summed E-state index contributed by atoms with van der Waals surface area (Å²) in [6.07, 6.45) is 1.48. The van der Waals surface area contributed by atoms with Crippen molar-refractivity contribution in [1.29, 1.82) is 5.41 Å². The predicted octanol–water partition coefficient (Wildman–Crippen LogP) is 1.57. The fraction of sp³-hybridized carbons (Fsp3) is 0.222. The van der Waals surface area contributed by atoms with Crippen LogP contribution < -0.4 is 0 Å². The Hall–Kier alpha value is -1.91. The van der Waals surface area contributed by atoms with Crippen molar-refractivity contribution in [2.75, 3.05) is 7.05 Å². The van der Waals surface area contributed by atoms with Crippen LogP contribution in [0.15, 0.2) is 34.3 Å². The number of aliphatic hydroxyl groups is 2. The molecular weight excluding hydrogens is 184 g/mol. The van der Waals surface area contributed by atoms with Crippen LogP contribution in [0.25, 0.3) is 0 Å². The lowest BCUT2D eigenvalue weighted by atomic mass is 10.2. The Morgan fingerprint density at radius 3 is 2.64 bits per heavy atom. The molecule has 74 valence electrons. The Morgan fingerprint density at radius 2 is 2.21 bits per heavy atom. The molecule has 14 heavy (non-hydrogen) atoms. The lowest BCUT2D eigenvalue weighted by Crippen LogP contribution is -2.24. The normalized spacial score (nSPS) is 22.2. The molecule has 0 saturated heterocycles. The Labute approximate surface area is 80.4 Å². The Morgan fingerprint density at radius 1 is 1.50 bits per heavy atom. The monoisotopic (exact) mass is 194 g/mol. The van der Waals surface area contributed by atoms with E-state index in [1.807, 2.05) is 0 Å². The van der Waals surface area contributed by atoms with Crippen molar-refractivity contribution in [2.24, 2.45) is 0 Å². The maximum atomic E-state index is 9.56. The van der Waals surface area contributed by atoms with Crippen molar-refractivity contribution in [3.8, 4) is 0 Å². The first-order valence-electron chi connectivity index (χ1n) is 4.10. The summed E-state index contributed by atoms with van der Waals surface area (Å²) in [5, 5.41) is 26.3. The first-order valence-corrected chi connectivity index (χ1v) is 4.10. The SMILES string of the molecule is CN1C(=N)C(O)=C(O)C1c1ccco1. The summed E-state index contributed by atoms with van der Waals surface area (Å²) in [6.45, 7) is 0. The lowest BCUT2D eigenvalue weighted by molar-refractivity contribution is 0.262. The molecule has 1 aromatic rings. The summed E-state index contributed by atoms with van der Waals surface area (Å²) in [4.78, 5) is 1.43. The highest BCUT2D eigenvalue weighted by molar-refractivity contribution is 5.96. The van der Waals surface area contributed by atoms with Gasteiger partial charge in [0, 0.05) is 7.05 Å². The molecule has 1 aliphatic heterocycles. The van der Waals surface area contributed by atoms with Crippen molar-refractivity contribution >= 4 is 5.84 Å². The van der Waals surface area contributed by atoms with Crippen molar-refractivity contribution in [2.45, 2.75) is 6.04 Å². The summed E-state index contributed by atoms with van der Waals surface area (Å²) < 4.78 is 5.11. The molecule has 0 aliphatic carbocycles. The molecule has 3 N–H and O–H groups in total. The van der Waals surface area contributed by atoms with Crippen molar-refractivity contribution in [1.82, 2.24) is 4.90 Å². The molecule has 1 aliphatic rings. The van der Waals surface area contributed by atoms with Gasteiger partial charge in [0.05, 0.1) is 6.26 Å². The highest BCUT2D eigenvalue weighted by Gasteiger charge is 2.37. The van der Waals surface area contributed by atoms with Gasteiger partial charge < -0.3 is 19.5 Å². The van der Waals surface area contributed by atoms with Gasteiger partial charge in [-0.2, -0.15) is 0 Å². The third-order valence-corrected chi connectivity index (χ3v) is 2.28. The van der Waals surface area contributed by atoms with E-state index < -0.39 is 11.8 Å². The number of rotatable bonds is 1. The zero-order chi connectivity index (χ0) is 10.3. The zero-order valence-electron chi connectivity index (χ0n) is 7.56. The van der Waals surface area contributed by atoms with Crippen molar-refractivity contribution < 1.29 is 14.6 Å². The van der Waals surface area contributed by atoms with E-state index in [0.717, 1.165) is 0 Å². The third-order valence-electron chi connectivity index (χ3n) is 2.28. The number of amidine groups is 1. The molecule has 2 heterocycles. The van der Waals surface area contributed by atoms with Gasteiger partial charge in [0.25, 0.3) is 0 Å². The summed E-state index contributed by atoms with van der Waals surface area (Å²) in [5.74, 6) is -0.246. The van der Waals surface area contributed by atoms with Gasteiger partial charge in [-0.25, -0.2) is 0 Å². The molecule has 0 fully saturated rings. The van der Waals surface area contributed by atoms with Crippen LogP contribution in [-0.2, 0) is 0 Å². The van der Waals surface area contributed by atoms with Crippen LogP contribution in [0, 0.1) is 5.41 Å². The fourth-order valence-corrected chi connectivity index (χ4v) is 1.50. The van der Waals surface area contributed by atoms with E-state index in [0.29, 0.717) is 5.76 Å². The van der Waals surface area contributed by atoms with Crippen LogP contribution in [0.2, 0.25) is 0 Å². The van der Waals surface area contributed by atoms with Crippen molar-refractivity contribution in [3.05, 3.63) is 35.7 Å². The summed E-state index contributed by atoms with van der Waals surface area (Å²) in [7, 11) is 1.61. The number of likely N-dealkylation sites (N-methyl/N-ethyl adjacent to an activating group) is 1. The maximum absolute atomic E-state index is 9.56. The molecule has 5 heteroatoms. The van der Waals surface area contributed by atoms with Gasteiger partial charge in [-0.15, -0.1) is 0 Å². The fourth-order valence-electron chi connectivity index (χ4n) is 1.50. The lowest BCUT2D eigenvalue weighted by Gasteiger charge is -2.19. The first kappa shape index (κ1) is 8.68. The van der Waals surface area contributed by atoms with Gasteiger partial charge in [0.15, 0.2) is 17.4 Å². The topological polar surface area (TPSA) is 80.7 Å². The second-order valence-electron chi connectivity index (χ2n) is 3.11. The minimum atomic E-state index is -0.586. The number of nitrogens with one attached hydrogen (secondary N) is 1. The third kappa shape index (κ3) is 0.985. The average molecular weight is 194 g/mol. The number of nitrogens with zero attached hydrogens (tertiary/aromatic N) is 1. The van der Waals surface area contributed by atoms with E-state index in [1.54, 1.807) is 19.2 Å². The first-order chi connectivity index (χ1) is 6.63. The second kappa shape index (κ2) is 2.80. The van der Waals surface area contributed by atoms with Gasteiger partial charge in [0.2, 0.25) is 0 Å². The van der Waals surface area contributed by atoms with Gasteiger partial charge in [-0.05, 0) is 12.1 Å². The Balaban J connectivity index is 2.43. The number of aliphatic hydroxyl groups excluding tert-OH is 2. The van der Waals surface area contributed by atoms with Gasteiger partial charge in [-0.3, -0.25) is 5.41 Å². The van der Waals surface area contributed by atoms with Gasteiger partial charge in [0.1, 0.15) is 11.8 Å². The molecule has 0 aromatic carbocycles. The summed E-state index contributed by atoms with van der Waals surface area (Å²) >= 11 is 0. The van der Waals surface area contributed by atoms with E-state index in [-0.39, 0.29) is 11.6 Å². The molecule has 1 atom stereocenters.